The van der Waals surface area contributed by atoms with Crippen LogP contribution in [-0.2, 0) is 0 Å². The van der Waals surface area contributed by atoms with Gasteiger partial charge in [-0.2, -0.15) is 5.10 Å². The van der Waals surface area contributed by atoms with Crippen molar-refractivity contribution in [1.82, 2.24) is 15.1 Å². The fourth-order valence-corrected chi connectivity index (χ4v) is 2.90. The molecule has 0 spiro atoms. The monoisotopic (exact) mass is 394 g/mol. The first-order chi connectivity index (χ1) is 13.5. The lowest BCUT2D eigenvalue weighted by Crippen LogP contribution is -2.25. The molecule has 0 fully saturated rings. The third-order valence-corrected chi connectivity index (χ3v) is 4.36. The molecule has 0 atom stereocenters. The number of amides is 2. The van der Waals surface area contributed by atoms with Crippen LogP contribution < -0.4 is 10.6 Å². The average molecular weight is 395 g/mol. The van der Waals surface area contributed by atoms with Crippen LogP contribution in [0.25, 0.3) is 5.69 Å². The Labute approximate surface area is 167 Å². The number of hydrogen-bond donors (Lipinski definition) is 2. The van der Waals surface area contributed by atoms with Gasteiger partial charge >= 0.3 is 0 Å². The van der Waals surface area contributed by atoms with E-state index in [9.17, 15) is 9.59 Å². The number of para-hydroxylation sites is 2. The van der Waals surface area contributed by atoms with Crippen LogP contribution in [0, 0.1) is 6.92 Å². The molecule has 3 rings (SSSR count). The minimum Gasteiger partial charge on any atom is -0.349 e. The van der Waals surface area contributed by atoms with Gasteiger partial charge in [0.1, 0.15) is 0 Å². The Kier molecular flexibility index (Phi) is 5.91. The summed E-state index contributed by atoms with van der Waals surface area (Å²) in [6.45, 7) is 5.70. The van der Waals surface area contributed by atoms with E-state index in [2.05, 4.69) is 22.3 Å². The van der Waals surface area contributed by atoms with Gasteiger partial charge in [0, 0.05) is 18.3 Å². The molecule has 1 aromatic heterocycles. The largest absolute Gasteiger partial charge is 0.349 e. The second-order valence-corrected chi connectivity index (χ2v) is 6.46. The van der Waals surface area contributed by atoms with Crippen molar-refractivity contribution < 1.29 is 9.59 Å². The molecular formula is C21H19ClN4O2. The molecule has 0 bridgehead atoms. The second-order valence-electron chi connectivity index (χ2n) is 6.06. The summed E-state index contributed by atoms with van der Waals surface area (Å²) in [6.07, 6.45) is 3.32. The zero-order valence-corrected chi connectivity index (χ0v) is 16.0. The summed E-state index contributed by atoms with van der Waals surface area (Å²) < 4.78 is 1.56. The van der Waals surface area contributed by atoms with Gasteiger partial charge in [0.05, 0.1) is 22.0 Å². The Balaban J connectivity index is 1.86. The predicted molar refractivity (Wildman–Crippen MR) is 110 cm³/mol. The minimum absolute atomic E-state index is 0.251. The Morgan fingerprint density at radius 3 is 2.61 bits per heavy atom. The normalized spacial score (nSPS) is 10.4. The maximum absolute atomic E-state index is 12.8. The molecular weight excluding hydrogens is 376 g/mol. The molecule has 0 unspecified atom stereocenters. The highest BCUT2D eigenvalue weighted by Crippen LogP contribution is 2.21. The molecule has 28 heavy (non-hydrogen) atoms. The van der Waals surface area contributed by atoms with Crippen molar-refractivity contribution in [3.05, 3.63) is 89.2 Å². The van der Waals surface area contributed by atoms with Crippen molar-refractivity contribution >= 4 is 29.1 Å². The van der Waals surface area contributed by atoms with Gasteiger partial charge in [-0.1, -0.05) is 41.9 Å². The lowest BCUT2D eigenvalue weighted by molar-refractivity contribution is 0.0959. The van der Waals surface area contributed by atoms with Gasteiger partial charge in [-0.3, -0.25) is 9.59 Å². The average Bonchev–Trinajstić information content (AvgIpc) is 3.08. The van der Waals surface area contributed by atoms with Crippen LogP contribution in [0.2, 0.25) is 5.02 Å². The molecule has 2 amide bonds. The number of carbonyl (C=O) groups excluding carboxylic acids is 2. The van der Waals surface area contributed by atoms with Crippen molar-refractivity contribution in [1.29, 1.82) is 0 Å². The molecule has 1 heterocycles. The number of anilines is 1. The maximum atomic E-state index is 12.8. The molecule has 0 radical (unpaired) electrons. The highest BCUT2D eigenvalue weighted by atomic mass is 35.5. The number of benzene rings is 2. The van der Waals surface area contributed by atoms with Crippen molar-refractivity contribution in [2.45, 2.75) is 6.92 Å². The summed E-state index contributed by atoms with van der Waals surface area (Å²) in [4.78, 5) is 25.1. The topological polar surface area (TPSA) is 76.0 Å². The Morgan fingerprint density at radius 1 is 1.14 bits per heavy atom. The van der Waals surface area contributed by atoms with Crippen LogP contribution >= 0.6 is 11.6 Å². The molecule has 2 aromatic carbocycles. The van der Waals surface area contributed by atoms with Gasteiger partial charge in [0.2, 0.25) is 0 Å². The Hall–Kier alpha value is -3.38. The van der Waals surface area contributed by atoms with Crippen molar-refractivity contribution in [3.63, 3.8) is 0 Å². The van der Waals surface area contributed by atoms with Crippen LogP contribution in [0.5, 0.6) is 0 Å². The number of nitrogens with one attached hydrogen (secondary N) is 2. The molecule has 0 aliphatic rings. The highest BCUT2D eigenvalue weighted by Gasteiger charge is 2.18. The van der Waals surface area contributed by atoms with Crippen LogP contribution in [-0.4, -0.2) is 28.1 Å². The van der Waals surface area contributed by atoms with E-state index in [-0.39, 0.29) is 11.6 Å². The molecule has 142 valence electrons. The Bertz CT molecular complexity index is 1040. The fraction of sp³-hybridized carbons (Fsp3) is 0.0952. The molecule has 0 saturated carbocycles. The maximum Gasteiger partial charge on any atom is 0.276 e. The lowest BCUT2D eigenvalue weighted by atomic mass is 10.1. The zero-order valence-electron chi connectivity index (χ0n) is 15.3. The number of hydrogen-bond acceptors (Lipinski definition) is 3. The van der Waals surface area contributed by atoms with E-state index in [0.717, 1.165) is 0 Å². The predicted octanol–water partition coefficient (Wildman–Crippen LogP) is 4.00. The first kappa shape index (κ1) is 19.4. The van der Waals surface area contributed by atoms with E-state index < -0.39 is 5.91 Å². The molecule has 7 heteroatoms. The number of aromatic nitrogens is 2. The van der Waals surface area contributed by atoms with Crippen molar-refractivity contribution in [2.24, 2.45) is 0 Å². The van der Waals surface area contributed by atoms with E-state index in [1.807, 2.05) is 18.2 Å². The SMILES string of the molecule is C=CCNC(=O)c1ccccc1NC(=O)c1nn(-c2ccccc2Cl)cc1C. The third kappa shape index (κ3) is 4.13. The standard InChI is InChI=1S/C21H19ClN4O2/c1-3-12-23-20(27)15-8-4-6-10-17(15)24-21(28)19-14(2)13-26(25-19)18-11-7-5-9-16(18)22/h3-11,13H,1,12H2,2H3,(H,23,27)(H,24,28). The van der Waals surface area contributed by atoms with Crippen molar-refractivity contribution in [2.75, 3.05) is 11.9 Å². The van der Waals surface area contributed by atoms with Gasteiger partial charge in [-0.15, -0.1) is 6.58 Å². The van der Waals surface area contributed by atoms with Crippen LogP contribution in [0.15, 0.2) is 67.4 Å². The summed E-state index contributed by atoms with van der Waals surface area (Å²) in [5, 5.41) is 10.4. The van der Waals surface area contributed by atoms with Crippen LogP contribution in [0.4, 0.5) is 5.69 Å². The van der Waals surface area contributed by atoms with E-state index in [1.54, 1.807) is 54.2 Å². The van der Waals surface area contributed by atoms with Gasteiger partial charge < -0.3 is 10.6 Å². The Morgan fingerprint density at radius 2 is 1.86 bits per heavy atom. The summed E-state index contributed by atoms with van der Waals surface area (Å²) in [7, 11) is 0. The number of rotatable bonds is 6. The summed E-state index contributed by atoms with van der Waals surface area (Å²) in [6, 6.07) is 14.0. The quantitative estimate of drug-likeness (QED) is 0.620. The zero-order chi connectivity index (χ0) is 20.1. The molecule has 0 saturated heterocycles. The summed E-state index contributed by atoms with van der Waals surface area (Å²) >= 11 is 6.21. The van der Waals surface area contributed by atoms with E-state index >= 15 is 0 Å². The number of nitrogens with zero attached hydrogens (tertiary/aromatic N) is 2. The summed E-state index contributed by atoms with van der Waals surface area (Å²) in [5.74, 6) is -0.707. The van der Waals surface area contributed by atoms with Crippen LogP contribution in [0.3, 0.4) is 0 Å². The first-order valence-corrected chi connectivity index (χ1v) is 8.99. The lowest BCUT2D eigenvalue weighted by Gasteiger charge is -2.10. The molecule has 0 aliphatic carbocycles. The minimum atomic E-state index is -0.410. The molecule has 3 aromatic rings. The van der Waals surface area contributed by atoms with E-state index in [0.29, 0.717) is 34.1 Å². The number of aryl methyl sites for hydroxylation is 1. The first-order valence-electron chi connectivity index (χ1n) is 8.62. The van der Waals surface area contributed by atoms with Crippen LogP contribution in [0.1, 0.15) is 26.4 Å². The van der Waals surface area contributed by atoms with Gasteiger partial charge in [-0.05, 0) is 31.2 Å². The highest BCUT2D eigenvalue weighted by molar-refractivity contribution is 6.32. The van der Waals surface area contributed by atoms with E-state index in [1.165, 1.54) is 0 Å². The van der Waals surface area contributed by atoms with E-state index in [4.69, 9.17) is 11.6 Å². The molecule has 0 aliphatic heterocycles. The van der Waals surface area contributed by atoms with Gasteiger partial charge in [0.25, 0.3) is 11.8 Å². The number of halogens is 1. The smallest absolute Gasteiger partial charge is 0.276 e. The third-order valence-electron chi connectivity index (χ3n) is 4.04. The van der Waals surface area contributed by atoms with Crippen molar-refractivity contribution in [3.8, 4) is 5.69 Å². The number of carbonyl (C=O) groups is 2. The fourth-order valence-electron chi connectivity index (χ4n) is 2.68. The summed E-state index contributed by atoms with van der Waals surface area (Å²) in [5.41, 5.74) is 2.38. The molecule has 6 nitrogen and oxygen atoms in total. The van der Waals surface area contributed by atoms with Gasteiger partial charge in [-0.25, -0.2) is 4.68 Å². The van der Waals surface area contributed by atoms with Gasteiger partial charge in [0.15, 0.2) is 5.69 Å². The second kappa shape index (κ2) is 8.54. The molecule has 2 N–H and O–H groups in total.